The lowest BCUT2D eigenvalue weighted by Crippen LogP contribution is -2.09. The van der Waals surface area contributed by atoms with E-state index >= 15 is 0 Å². The number of carbonyl (C=O) groups is 2. The van der Waals surface area contributed by atoms with Crippen molar-refractivity contribution < 1.29 is 32.8 Å². The molecule has 0 fully saturated rings. The number of carboxylic acid groups (broad SMARTS) is 1. The molecule has 0 atom stereocenters. The second kappa shape index (κ2) is 10.2. The average Bonchev–Trinajstić information content (AvgIpc) is 2.81. The molecule has 0 aliphatic heterocycles. The number of amidine groups is 1. The fourth-order valence-corrected chi connectivity index (χ4v) is 3.63. The van der Waals surface area contributed by atoms with Crippen molar-refractivity contribution in [3.05, 3.63) is 82.4 Å². The predicted octanol–water partition coefficient (Wildman–Crippen LogP) is 4.32. The summed E-state index contributed by atoms with van der Waals surface area (Å²) < 4.78 is 32.5. The van der Waals surface area contributed by atoms with Gasteiger partial charge in [0.05, 0.1) is 21.8 Å². The minimum Gasteiger partial charge on any atom is -0.505 e. The quantitative estimate of drug-likeness (QED) is 0.0710. The Morgan fingerprint density at radius 2 is 1.71 bits per heavy atom. The minimum absolute atomic E-state index is 0.0544. The van der Waals surface area contributed by atoms with Gasteiger partial charge < -0.3 is 10.2 Å². The van der Waals surface area contributed by atoms with E-state index in [0.29, 0.717) is 6.29 Å². The number of aromatic carboxylic acids is 1. The molecule has 0 aliphatic rings. The Hall–Kier alpha value is -4.42. The first-order valence-electron chi connectivity index (χ1n) is 9.96. The number of aryl methyl sites for hydroxylation is 2. The van der Waals surface area contributed by atoms with E-state index in [1.54, 1.807) is 31.2 Å². The molecule has 0 heterocycles. The van der Waals surface area contributed by atoms with Gasteiger partial charge in [0.1, 0.15) is 5.75 Å². The second-order valence-corrected chi connectivity index (χ2v) is 8.81. The van der Waals surface area contributed by atoms with E-state index in [9.17, 15) is 32.8 Å². The van der Waals surface area contributed by atoms with Gasteiger partial charge in [-0.3, -0.25) is 14.8 Å². The Morgan fingerprint density at radius 1 is 1.03 bits per heavy atom. The van der Waals surface area contributed by atoms with E-state index in [4.69, 9.17) is 0 Å². The van der Waals surface area contributed by atoms with E-state index in [1.807, 2.05) is 0 Å². The molecule has 35 heavy (non-hydrogen) atoms. The summed E-state index contributed by atoms with van der Waals surface area (Å²) in [7, 11) is -4.58. The Morgan fingerprint density at radius 3 is 2.34 bits per heavy atom. The molecule has 0 aromatic heterocycles. The van der Waals surface area contributed by atoms with Crippen LogP contribution in [0.15, 0.2) is 74.8 Å². The highest BCUT2D eigenvalue weighted by Crippen LogP contribution is 2.31. The van der Waals surface area contributed by atoms with Crippen LogP contribution in [-0.2, 0) is 10.1 Å². The first kappa shape index (κ1) is 25.2. The number of hydrogen-bond donors (Lipinski definition) is 4. The number of rotatable bonds is 7. The van der Waals surface area contributed by atoms with Crippen molar-refractivity contribution >= 4 is 39.6 Å². The largest absolute Gasteiger partial charge is 0.505 e. The van der Waals surface area contributed by atoms with Crippen molar-refractivity contribution in [1.29, 1.82) is 0 Å². The van der Waals surface area contributed by atoms with Gasteiger partial charge in [-0.25, -0.2) is 4.79 Å². The van der Waals surface area contributed by atoms with Gasteiger partial charge in [-0.05, 0) is 55.3 Å². The Kier molecular flexibility index (Phi) is 7.37. The van der Waals surface area contributed by atoms with Gasteiger partial charge in [0.25, 0.3) is 10.1 Å². The fourth-order valence-electron chi connectivity index (χ4n) is 3.04. The van der Waals surface area contributed by atoms with Crippen LogP contribution in [-0.4, -0.2) is 41.3 Å². The summed E-state index contributed by atoms with van der Waals surface area (Å²) >= 11 is 0. The summed E-state index contributed by atoms with van der Waals surface area (Å²) in [5.41, 5.74) is 3.55. The number of carboxylic acids is 1. The molecule has 3 rings (SSSR count). The SMILES string of the molecule is Cc1ccc(C=O)c(N=NC(=NNc2cc(S(=O)(=O)O)cc(C)c2O)c2ccccc2C(=O)O)c1. The Bertz CT molecular complexity index is 1480. The number of carbonyl (C=O) groups excluding carboxylic acids is 1. The van der Waals surface area contributed by atoms with Crippen LogP contribution < -0.4 is 5.43 Å². The third-order valence-corrected chi connectivity index (χ3v) is 5.65. The molecule has 180 valence electrons. The molecule has 0 saturated carbocycles. The summed E-state index contributed by atoms with van der Waals surface area (Å²) in [6, 6.07) is 12.7. The third kappa shape index (κ3) is 5.93. The van der Waals surface area contributed by atoms with Crippen molar-refractivity contribution in [3.63, 3.8) is 0 Å². The first-order chi connectivity index (χ1) is 16.5. The maximum absolute atomic E-state index is 11.7. The van der Waals surface area contributed by atoms with E-state index in [-0.39, 0.29) is 45.2 Å². The number of aromatic hydroxyl groups is 1. The summed E-state index contributed by atoms with van der Waals surface area (Å²) in [4.78, 5) is 22.6. The van der Waals surface area contributed by atoms with Crippen molar-refractivity contribution in [1.82, 2.24) is 0 Å². The highest BCUT2D eigenvalue weighted by atomic mass is 32.2. The molecule has 3 aromatic rings. The molecule has 12 heteroatoms. The predicted molar refractivity (Wildman–Crippen MR) is 127 cm³/mol. The Balaban J connectivity index is 2.15. The number of anilines is 1. The van der Waals surface area contributed by atoms with Crippen LogP contribution in [0.1, 0.15) is 37.4 Å². The highest BCUT2D eigenvalue weighted by molar-refractivity contribution is 7.85. The van der Waals surface area contributed by atoms with Gasteiger partial charge in [-0.2, -0.15) is 13.5 Å². The van der Waals surface area contributed by atoms with Crippen molar-refractivity contribution in [2.45, 2.75) is 18.7 Å². The zero-order valence-electron chi connectivity index (χ0n) is 18.5. The maximum Gasteiger partial charge on any atom is 0.336 e. The van der Waals surface area contributed by atoms with E-state index in [1.165, 1.54) is 25.1 Å². The monoisotopic (exact) mass is 496 g/mol. The molecule has 11 nitrogen and oxygen atoms in total. The summed E-state index contributed by atoms with van der Waals surface area (Å²) in [5.74, 6) is -1.86. The normalized spacial score (nSPS) is 12.0. The molecular formula is C23H20N4O7S. The van der Waals surface area contributed by atoms with E-state index < -0.39 is 21.0 Å². The molecule has 0 radical (unpaired) electrons. The van der Waals surface area contributed by atoms with Crippen molar-refractivity contribution in [2.24, 2.45) is 15.3 Å². The number of nitrogens with one attached hydrogen (secondary N) is 1. The molecule has 0 bridgehead atoms. The number of phenolic OH excluding ortho intramolecular Hbond substituents is 1. The van der Waals surface area contributed by atoms with Crippen LogP contribution >= 0.6 is 0 Å². The van der Waals surface area contributed by atoms with Crippen LogP contribution in [0.25, 0.3) is 0 Å². The molecule has 0 amide bonds. The van der Waals surface area contributed by atoms with Crippen LogP contribution in [0.4, 0.5) is 11.4 Å². The number of benzene rings is 3. The summed E-state index contributed by atoms with van der Waals surface area (Å²) in [6.45, 7) is 3.20. The highest BCUT2D eigenvalue weighted by Gasteiger charge is 2.18. The van der Waals surface area contributed by atoms with Crippen molar-refractivity contribution in [3.8, 4) is 5.75 Å². The van der Waals surface area contributed by atoms with E-state index in [0.717, 1.165) is 17.7 Å². The van der Waals surface area contributed by atoms with Gasteiger partial charge in [0, 0.05) is 11.1 Å². The average molecular weight is 497 g/mol. The number of hydrogen-bond acceptors (Lipinski definition) is 8. The molecular weight excluding hydrogens is 476 g/mol. The molecule has 0 unspecified atom stereocenters. The molecule has 0 saturated heterocycles. The lowest BCUT2D eigenvalue weighted by atomic mass is 10.1. The summed E-state index contributed by atoms with van der Waals surface area (Å²) in [6.07, 6.45) is 0.593. The van der Waals surface area contributed by atoms with Gasteiger partial charge in [-0.15, -0.1) is 10.2 Å². The first-order valence-corrected chi connectivity index (χ1v) is 11.4. The van der Waals surface area contributed by atoms with Crippen LogP contribution in [0, 0.1) is 13.8 Å². The van der Waals surface area contributed by atoms with E-state index in [2.05, 4.69) is 20.8 Å². The topological polar surface area (TPSA) is 178 Å². The van der Waals surface area contributed by atoms with Gasteiger partial charge in [0.2, 0.25) is 5.84 Å². The zero-order valence-corrected chi connectivity index (χ0v) is 19.3. The maximum atomic E-state index is 11.7. The molecule has 0 aliphatic carbocycles. The van der Waals surface area contributed by atoms with Crippen LogP contribution in [0.5, 0.6) is 5.75 Å². The minimum atomic E-state index is -4.58. The Labute approximate surface area is 200 Å². The standard InChI is InChI=1S/C23H20N4O7S/c1-13-7-8-15(12-28)19(9-13)24-26-22(17-5-3-4-6-18(17)23(30)31)27-25-20-11-16(35(32,33)34)10-14(2)21(20)29/h3-12,25,29H,1-2H3,(H,30,31)(H,32,33,34). The molecule has 3 aromatic carbocycles. The summed E-state index contributed by atoms with van der Waals surface area (Å²) in [5, 5.41) is 32.0. The third-order valence-electron chi connectivity index (χ3n) is 4.82. The van der Waals surface area contributed by atoms with Gasteiger partial charge in [0.15, 0.2) is 6.29 Å². The van der Waals surface area contributed by atoms with Crippen LogP contribution in [0.3, 0.4) is 0 Å². The number of phenols is 1. The van der Waals surface area contributed by atoms with Crippen molar-refractivity contribution in [2.75, 3.05) is 5.43 Å². The zero-order chi connectivity index (χ0) is 25.8. The lowest BCUT2D eigenvalue weighted by molar-refractivity contribution is 0.0696. The van der Waals surface area contributed by atoms with Gasteiger partial charge >= 0.3 is 5.97 Å². The molecule has 0 spiro atoms. The number of hydrazone groups is 1. The number of nitrogens with zero attached hydrogens (tertiary/aromatic N) is 3. The smallest absolute Gasteiger partial charge is 0.336 e. The van der Waals surface area contributed by atoms with Gasteiger partial charge in [-0.1, -0.05) is 24.3 Å². The second-order valence-electron chi connectivity index (χ2n) is 7.39. The number of azo groups is 1. The number of aldehydes is 1. The van der Waals surface area contributed by atoms with Crippen LogP contribution in [0.2, 0.25) is 0 Å². The fraction of sp³-hybridized carbons (Fsp3) is 0.0870. The molecule has 4 N–H and O–H groups in total. The lowest BCUT2D eigenvalue weighted by Gasteiger charge is -2.10.